The highest BCUT2D eigenvalue weighted by atomic mass is 32.2. The lowest BCUT2D eigenvalue weighted by Crippen LogP contribution is -2.33. The van der Waals surface area contributed by atoms with Gasteiger partial charge < -0.3 is 14.8 Å². The number of thioether (sulfide) groups is 1. The topological polar surface area (TPSA) is 50.2 Å². The Morgan fingerprint density at radius 3 is 2.23 bits per heavy atom. The van der Waals surface area contributed by atoms with Crippen LogP contribution in [-0.2, 0) is 11.3 Å². The molecule has 1 N–H and O–H groups in total. The van der Waals surface area contributed by atoms with Gasteiger partial charge in [-0.1, -0.05) is 99.6 Å². The molecule has 0 aliphatic heterocycles. The molecule has 0 radical (unpaired) electrons. The Labute approximate surface area is 240 Å². The molecule has 0 aliphatic carbocycles. The fourth-order valence-electron chi connectivity index (χ4n) is 4.88. The summed E-state index contributed by atoms with van der Waals surface area (Å²) in [6.07, 6.45) is 6.90. The fourth-order valence-corrected chi connectivity index (χ4v) is 5.91. The molecule has 0 fully saturated rings. The van der Waals surface area contributed by atoms with Gasteiger partial charge in [-0.2, -0.15) is 0 Å². The van der Waals surface area contributed by atoms with E-state index >= 15 is 0 Å². The first kappa shape index (κ1) is 31.0. The van der Waals surface area contributed by atoms with Crippen molar-refractivity contribution in [3.05, 3.63) is 60.7 Å². The molecule has 2 aromatic carbocycles. The zero-order chi connectivity index (χ0) is 27.9. The molecule has 1 amide bonds. The normalized spacial score (nSPS) is 12.1. The molecule has 3 aromatic rings. The molecule has 1 heterocycles. The average Bonchev–Trinajstić information content (AvgIpc) is 3.33. The molecule has 39 heavy (non-hydrogen) atoms. The Morgan fingerprint density at radius 2 is 1.59 bits per heavy atom. The monoisotopic (exact) mass is 548 g/mol. The second kappa shape index (κ2) is 17.2. The van der Waals surface area contributed by atoms with Crippen molar-refractivity contribution >= 4 is 17.7 Å². The molecule has 5 nitrogen and oxygen atoms in total. The molecule has 0 saturated carbocycles. The van der Waals surface area contributed by atoms with Crippen molar-refractivity contribution in [2.45, 2.75) is 90.4 Å². The van der Waals surface area contributed by atoms with Crippen LogP contribution in [0.3, 0.4) is 0 Å². The molecule has 6 heteroatoms. The number of nitrogens with zero attached hydrogens (tertiary/aromatic N) is 3. The number of nitrogens with one attached hydrogen (secondary N) is 1. The van der Waals surface area contributed by atoms with Gasteiger partial charge in [0.25, 0.3) is 0 Å². The van der Waals surface area contributed by atoms with Crippen molar-refractivity contribution in [2.75, 3.05) is 25.4 Å². The molecule has 0 spiro atoms. The van der Waals surface area contributed by atoms with Crippen LogP contribution >= 0.6 is 11.8 Å². The molecular weight excluding hydrogens is 500 g/mol. The van der Waals surface area contributed by atoms with E-state index in [-0.39, 0.29) is 11.9 Å². The van der Waals surface area contributed by atoms with Gasteiger partial charge in [0.2, 0.25) is 5.91 Å². The van der Waals surface area contributed by atoms with E-state index in [1.54, 1.807) is 0 Å². The maximum Gasteiger partial charge on any atom is 0.220 e. The predicted molar refractivity (Wildman–Crippen MR) is 167 cm³/mol. The first-order valence-electron chi connectivity index (χ1n) is 14.9. The summed E-state index contributed by atoms with van der Waals surface area (Å²) < 4.78 is 2.42. The molecule has 1 atom stereocenters. The zero-order valence-electron chi connectivity index (χ0n) is 24.5. The Kier molecular flexibility index (Phi) is 13.6. The minimum Gasteiger partial charge on any atom is -0.354 e. The van der Waals surface area contributed by atoms with E-state index in [0.717, 1.165) is 86.9 Å². The number of rotatable bonds is 18. The van der Waals surface area contributed by atoms with Crippen LogP contribution in [0.4, 0.5) is 0 Å². The fraction of sp³-hybridized carbons (Fsp3) is 0.515. The van der Waals surface area contributed by atoms with Gasteiger partial charge in [-0.15, -0.1) is 0 Å². The second-order valence-corrected chi connectivity index (χ2v) is 11.3. The van der Waals surface area contributed by atoms with E-state index in [1.807, 2.05) is 11.8 Å². The Morgan fingerprint density at radius 1 is 0.923 bits per heavy atom. The van der Waals surface area contributed by atoms with Crippen molar-refractivity contribution < 1.29 is 4.79 Å². The Bertz CT molecular complexity index is 1100. The third kappa shape index (κ3) is 9.84. The molecule has 212 valence electrons. The first-order valence-corrected chi connectivity index (χ1v) is 15.9. The average molecular weight is 549 g/mol. The largest absolute Gasteiger partial charge is 0.354 e. The number of imidazole rings is 1. The number of carbonyl (C=O) groups is 1. The summed E-state index contributed by atoms with van der Waals surface area (Å²) in [6, 6.07) is 21.4. The van der Waals surface area contributed by atoms with Crippen LogP contribution < -0.4 is 5.32 Å². The van der Waals surface area contributed by atoms with Gasteiger partial charge in [0, 0.05) is 35.9 Å². The smallest absolute Gasteiger partial charge is 0.220 e. The molecular formula is C33H48N4OS. The van der Waals surface area contributed by atoms with Crippen molar-refractivity contribution in [1.82, 2.24) is 19.8 Å². The first-order chi connectivity index (χ1) is 19.1. The van der Waals surface area contributed by atoms with E-state index in [9.17, 15) is 4.79 Å². The highest BCUT2D eigenvalue weighted by Gasteiger charge is 2.20. The standard InChI is InChI=1S/C33H48N4OS/c1-5-8-25-37-32(29-21-13-10-14-22-29)31(28-19-11-9-12-20-28)35-33(37)39-26-16-15-23-30(38)34-27(4)18-17-24-36(6-2)7-3/h9-14,19-22,27H,5-8,15-18,23-26H2,1-4H3,(H,34,38). The summed E-state index contributed by atoms with van der Waals surface area (Å²) in [5.74, 6) is 1.13. The summed E-state index contributed by atoms with van der Waals surface area (Å²) >= 11 is 1.82. The van der Waals surface area contributed by atoms with Gasteiger partial charge in [-0.05, 0) is 58.7 Å². The lowest BCUT2D eigenvalue weighted by atomic mass is 10.0. The van der Waals surface area contributed by atoms with E-state index < -0.39 is 0 Å². The third-order valence-corrected chi connectivity index (χ3v) is 8.27. The van der Waals surface area contributed by atoms with E-state index in [2.05, 4.69) is 103 Å². The summed E-state index contributed by atoms with van der Waals surface area (Å²) in [7, 11) is 0. The van der Waals surface area contributed by atoms with Crippen LogP contribution in [-0.4, -0.2) is 51.8 Å². The quantitative estimate of drug-likeness (QED) is 0.130. The maximum absolute atomic E-state index is 12.5. The Hall–Kier alpha value is -2.57. The lowest BCUT2D eigenvalue weighted by molar-refractivity contribution is -0.121. The zero-order valence-corrected chi connectivity index (χ0v) is 25.3. The van der Waals surface area contributed by atoms with Crippen molar-refractivity contribution in [3.8, 4) is 22.5 Å². The SMILES string of the molecule is CCCCn1c(SCCCCC(=O)NC(C)CCCN(CC)CC)nc(-c2ccccc2)c1-c1ccccc1. The van der Waals surface area contributed by atoms with E-state index in [0.29, 0.717) is 6.42 Å². The van der Waals surface area contributed by atoms with Crippen LogP contribution in [0.1, 0.15) is 72.6 Å². The van der Waals surface area contributed by atoms with Gasteiger partial charge in [0.1, 0.15) is 0 Å². The summed E-state index contributed by atoms with van der Waals surface area (Å²) in [4.78, 5) is 20.1. The molecule has 0 saturated heterocycles. The minimum absolute atomic E-state index is 0.178. The van der Waals surface area contributed by atoms with Crippen LogP contribution in [0, 0.1) is 0 Å². The molecule has 3 rings (SSSR count). The highest BCUT2D eigenvalue weighted by Crippen LogP contribution is 2.36. The van der Waals surface area contributed by atoms with Crippen molar-refractivity contribution in [2.24, 2.45) is 0 Å². The number of carbonyl (C=O) groups excluding carboxylic acids is 1. The predicted octanol–water partition coefficient (Wildman–Crippen LogP) is 7.91. The number of unbranched alkanes of at least 4 members (excludes halogenated alkanes) is 2. The third-order valence-electron chi connectivity index (χ3n) is 7.20. The van der Waals surface area contributed by atoms with Gasteiger partial charge in [0.05, 0.1) is 11.4 Å². The molecule has 0 bridgehead atoms. The van der Waals surface area contributed by atoms with Crippen LogP contribution in [0.15, 0.2) is 65.8 Å². The molecule has 0 aliphatic rings. The van der Waals surface area contributed by atoms with Crippen molar-refractivity contribution in [1.29, 1.82) is 0 Å². The van der Waals surface area contributed by atoms with Gasteiger partial charge in [-0.25, -0.2) is 4.98 Å². The van der Waals surface area contributed by atoms with Crippen LogP contribution in [0.2, 0.25) is 0 Å². The number of benzene rings is 2. The van der Waals surface area contributed by atoms with E-state index in [1.165, 1.54) is 11.3 Å². The number of hydrogen-bond acceptors (Lipinski definition) is 4. The summed E-state index contributed by atoms with van der Waals surface area (Å²) in [5.41, 5.74) is 4.60. The van der Waals surface area contributed by atoms with E-state index in [4.69, 9.17) is 4.98 Å². The summed E-state index contributed by atoms with van der Waals surface area (Å²) in [5, 5.41) is 4.27. The number of hydrogen-bond donors (Lipinski definition) is 1. The minimum atomic E-state index is 0.178. The van der Waals surface area contributed by atoms with Gasteiger partial charge in [-0.3, -0.25) is 4.79 Å². The van der Waals surface area contributed by atoms with Gasteiger partial charge in [0.15, 0.2) is 5.16 Å². The van der Waals surface area contributed by atoms with Crippen LogP contribution in [0.5, 0.6) is 0 Å². The van der Waals surface area contributed by atoms with Gasteiger partial charge >= 0.3 is 0 Å². The second-order valence-electron chi connectivity index (χ2n) is 10.3. The van der Waals surface area contributed by atoms with Crippen LogP contribution in [0.25, 0.3) is 22.5 Å². The molecule has 1 unspecified atom stereocenters. The Balaban J connectivity index is 1.57. The summed E-state index contributed by atoms with van der Waals surface area (Å²) in [6.45, 7) is 13.0. The highest BCUT2D eigenvalue weighted by molar-refractivity contribution is 7.99. The maximum atomic E-state index is 12.5. The lowest BCUT2D eigenvalue weighted by Gasteiger charge is -2.19. The number of amides is 1. The number of aromatic nitrogens is 2. The molecule has 1 aromatic heterocycles. The van der Waals surface area contributed by atoms with Crippen molar-refractivity contribution in [3.63, 3.8) is 0 Å².